The molecule has 1 amide bonds. The van der Waals surface area contributed by atoms with E-state index in [1.165, 1.54) is 0 Å². The second kappa shape index (κ2) is 7.01. The Balaban J connectivity index is 1.57. The molecule has 3 aromatic rings. The van der Waals surface area contributed by atoms with E-state index in [0.29, 0.717) is 18.8 Å². The third-order valence-electron chi connectivity index (χ3n) is 4.47. The number of nitrogens with zero attached hydrogens (tertiary/aromatic N) is 2. The predicted octanol–water partition coefficient (Wildman–Crippen LogP) is 2.59. The Morgan fingerprint density at radius 3 is 2.85 bits per heavy atom. The number of aromatic nitrogens is 2. The van der Waals surface area contributed by atoms with Crippen molar-refractivity contribution in [1.29, 1.82) is 0 Å². The first kappa shape index (κ1) is 16.4. The number of benzene rings is 2. The van der Waals surface area contributed by atoms with E-state index in [1.807, 2.05) is 60.7 Å². The molecule has 1 aliphatic heterocycles. The third-order valence-corrected chi connectivity index (χ3v) is 4.47. The van der Waals surface area contributed by atoms with Crippen LogP contribution in [0.2, 0.25) is 0 Å². The fraction of sp³-hybridized carbons (Fsp3) is 0.200. The van der Waals surface area contributed by atoms with Crippen LogP contribution in [0, 0.1) is 0 Å². The van der Waals surface area contributed by atoms with Gasteiger partial charge in [-0.1, -0.05) is 42.5 Å². The quantitative estimate of drug-likeness (QED) is 0.744. The number of carbonyl (C=O) groups is 1. The highest BCUT2D eigenvalue weighted by Crippen LogP contribution is 2.23. The zero-order chi connectivity index (χ0) is 17.9. The second-order valence-electron chi connectivity index (χ2n) is 6.18. The number of hydrogen-bond donors (Lipinski definition) is 2. The van der Waals surface area contributed by atoms with Crippen molar-refractivity contribution in [3.05, 3.63) is 71.9 Å². The minimum Gasteiger partial charge on any atom is -0.497 e. The lowest BCUT2D eigenvalue weighted by atomic mass is 10.1. The topological polar surface area (TPSA) is 68.2 Å². The number of nitrogens with one attached hydrogen (secondary N) is 2. The Bertz CT molecular complexity index is 921. The van der Waals surface area contributed by atoms with Crippen molar-refractivity contribution in [3.8, 4) is 17.0 Å². The van der Waals surface area contributed by atoms with Gasteiger partial charge in [-0.05, 0) is 23.8 Å². The third kappa shape index (κ3) is 3.19. The maximum Gasteiger partial charge on any atom is 0.269 e. The van der Waals surface area contributed by atoms with Gasteiger partial charge in [0.2, 0.25) is 0 Å². The summed E-state index contributed by atoms with van der Waals surface area (Å²) in [7, 11) is 1.66. The van der Waals surface area contributed by atoms with Gasteiger partial charge < -0.3 is 10.1 Å². The normalized spacial score (nSPS) is 16.0. The average molecular weight is 348 g/mol. The Labute approximate surface area is 151 Å². The molecule has 2 heterocycles. The summed E-state index contributed by atoms with van der Waals surface area (Å²) >= 11 is 0. The number of amides is 1. The molecule has 0 saturated carbocycles. The standard InChI is InChI=1S/C20H20N4O2/c1-26-16-9-5-6-14(10-16)12-21-19-13-22-20(25)18-11-17(23-24(18)19)15-7-3-2-4-8-15/h2-11,19,21H,12-13H2,1H3,(H,22,25)/t19-/m0/s1. The molecule has 4 rings (SSSR count). The molecule has 26 heavy (non-hydrogen) atoms. The SMILES string of the molecule is COc1cccc(CN[C@@H]2CNC(=O)c3cc(-c4ccccc4)nn32)c1. The fourth-order valence-corrected chi connectivity index (χ4v) is 3.09. The van der Waals surface area contributed by atoms with Crippen molar-refractivity contribution in [3.63, 3.8) is 0 Å². The first-order chi connectivity index (χ1) is 12.7. The number of ether oxygens (including phenoxy) is 1. The summed E-state index contributed by atoms with van der Waals surface area (Å²) in [6, 6.07) is 19.6. The first-order valence-corrected chi connectivity index (χ1v) is 8.54. The van der Waals surface area contributed by atoms with E-state index in [4.69, 9.17) is 4.74 Å². The lowest BCUT2D eigenvalue weighted by Gasteiger charge is -2.25. The van der Waals surface area contributed by atoms with E-state index in [-0.39, 0.29) is 12.1 Å². The summed E-state index contributed by atoms with van der Waals surface area (Å²) in [6.07, 6.45) is -0.105. The van der Waals surface area contributed by atoms with Crippen LogP contribution in [0.3, 0.4) is 0 Å². The van der Waals surface area contributed by atoms with Gasteiger partial charge in [-0.25, -0.2) is 4.68 Å². The summed E-state index contributed by atoms with van der Waals surface area (Å²) in [5.41, 5.74) is 3.47. The van der Waals surface area contributed by atoms with E-state index in [0.717, 1.165) is 22.6 Å². The van der Waals surface area contributed by atoms with Crippen molar-refractivity contribution in [2.45, 2.75) is 12.7 Å². The molecule has 6 heteroatoms. The summed E-state index contributed by atoms with van der Waals surface area (Å²) in [5, 5.41) is 11.1. The van der Waals surface area contributed by atoms with Gasteiger partial charge in [-0.15, -0.1) is 0 Å². The van der Waals surface area contributed by atoms with Crippen molar-refractivity contribution < 1.29 is 9.53 Å². The Morgan fingerprint density at radius 2 is 2.04 bits per heavy atom. The highest BCUT2D eigenvalue weighted by molar-refractivity contribution is 5.94. The zero-order valence-corrected chi connectivity index (χ0v) is 14.5. The van der Waals surface area contributed by atoms with E-state index >= 15 is 0 Å². The number of methoxy groups -OCH3 is 1. The van der Waals surface area contributed by atoms with Gasteiger partial charge in [0.1, 0.15) is 17.6 Å². The maximum atomic E-state index is 12.2. The molecule has 1 aromatic heterocycles. The molecule has 0 radical (unpaired) electrons. The summed E-state index contributed by atoms with van der Waals surface area (Å²) < 4.78 is 7.05. The molecule has 132 valence electrons. The van der Waals surface area contributed by atoms with Crippen LogP contribution in [0.4, 0.5) is 0 Å². The Morgan fingerprint density at radius 1 is 1.19 bits per heavy atom. The van der Waals surface area contributed by atoms with Crippen LogP contribution >= 0.6 is 0 Å². The minimum atomic E-state index is -0.105. The molecular weight excluding hydrogens is 328 g/mol. The van der Waals surface area contributed by atoms with Gasteiger partial charge in [0.25, 0.3) is 5.91 Å². The molecule has 0 unspecified atom stereocenters. The van der Waals surface area contributed by atoms with Crippen molar-refractivity contribution in [1.82, 2.24) is 20.4 Å². The molecule has 0 fully saturated rings. The number of rotatable bonds is 5. The van der Waals surface area contributed by atoms with Crippen LogP contribution in [0.25, 0.3) is 11.3 Å². The number of fused-ring (bicyclic) bond motifs is 1. The first-order valence-electron chi connectivity index (χ1n) is 8.54. The van der Waals surface area contributed by atoms with E-state index in [2.05, 4.69) is 15.7 Å². The lowest BCUT2D eigenvalue weighted by molar-refractivity contribution is 0.0900. The van der Waals surface area contributed by atoms with Crippen molar-refractivity contribution >= 4 is 5.91 Å². The van der Waals surface area contributed by atoms with Crippen LogP contribution in [0.15, 0.2) is 60.7 Å². The average Bonchev–Trinajstić information content (AvgIpc) is 3.15. The van der Waals surface area contributed by atoms with Crippen LogP contribution in [-0.4, -0.2) is 29.3 Å². The second-order valence-corrected chi connectivity index (χ2v) is 6.18. The van der Waals surface area contributed by atoms with Crippen molar-refractivity contribution in [2.24, 2.45) is 0 Å². The van der Waals surface area contributed by atoms with Crippen molar-refractivity contribution in [2.75, 3.05) is 13.7 Å². The molecule has 2 N–H and O–H groups in total. The maximum absolute atomic E-state index is 12.2. The highest BCUT2D eigenvalue weighted by Gasteiger charge is 2.27. The van der Waals surface area contributed by atoms with Crippen LogP contribution < -0.4 is 15.4 Å². The Kier molecular flexibility index (Phi) is 4.41. The van der Waals surface area contributed by atoms with Gasteiger partial charge in [0.05, 0.1) is 19.3 Å². The van der Waals surface area contributed by atoms with Gasteiger partial charge >= 0.3 is 0 Å². The summed E-state index contributed by atoms with van der Waals surface area (Å²) in [6.45, 7) is 1.14. The molecular formula is C20H20N4O2. The molecule has 6 nitrogen and oxygen atoms in total. The van der Waals surface area contributed by atoms with E-state index < -0.39 is 0 Å². The van der Waals surface area contributed by atoms with Gasteiger partial charge in [0.15, 0.2) is 0 Å². The number of hydrogen-bond acceptors (Lipinski definition) is 4. The molecule has 0 saturated heterocycles. The molecule has 1 aliphatic rings. The number of carbonyl (C=O) groups excluding carboxylic acids is 1. The molecule has 2 aromatic carbocycles. The molecule has 0 bridgehead atoms. The zero-order valence-electron chi connectivity index (χ0n) is 14.5. The molecule has 1 atom stereocenters. The van der Waals surface area contributed by atoms with Crippen LogP contribution in [0.1, 0.15) is 22.2 Å². The smallest absolute Gasteiger partial charge is 0.269 e. The minimum absolute atomic E-state index is 0.0980. The summed E-state index contributed by atoms with van der Waals surface area (Å²) in [4.78, 5) is 12.2. The van der Waals surface area contributed by atoms with Gasteiger partial charge in [-0.2, -0.15) is 5.10 Å². The van der Waals surface area contributed by atoms with Crippen LogP contribution in [0.5, 0.6) is 5.75 Å². The predicted molar refractivity (Wildman–Crippen MR) is 98.9 cm³/mol. The lowest BCUT2D eigenvalue weighted by Crippen LogP contribution is -2.45. The Hall–Kier alpha value is -3.12. The van der Waals surface area contributed by atoms with Gasteiger partial charge in [-0.3, -0.25) is 10.1 Å². The van der Waals surface area contributed by atoms with E-state index in [9.17, 15) is 4.79 Å². The molecule has 0 aliphatic carbocycles. The molecule has 0 spiro atoms. The summed E-state index contributed by atoms with van der Waals surface area (Å²) in [5.74, 6) is 0.728. The van der Waals surface area contributed by atoms with Crippen LogP contribution in [-0.2, 0) is 6.54 Å². The monoisotopic (exact) mass is 348 g/mol. The van der Waals surface area contributed by atoms with Gasteiger partial charge in [0, 0.05) is 12.1 Å². The van der Waals surface area contributed by atoms with E-state index in [1.54, 1.807) is 11.8 Å². The largest absolute Gasteiger partial charge is 0.497 e. The highest BCUT2D eigenvalue weighted by atomic mass is 16.5. The fourth-order valence-electron chi connectivity index (χ4n) is 3.09.